The Morgan fingerprint density at radius 3 is 0.872 bits per heavy atom. The Bertz CT molecular complexity index is 5250. The maximum absolute atomic E-state index is 13.3. The molecule has 753 valence electrons. The second-order valence-corrected chi connectivity index (χ2v) is 32.0. The van der Waals surface area contributed by atoms with Gasteiger partial charge >= 0.3 is 66.3 Å². The van der Waals surface area contributed by atoms with E-state index < -0.39 is 97.6 Å². The fraction of sp³-hybridized carbons (Fsp3) is 0.206. The molecule has 5 atom stereocenters. The number of aromatic hydroxyl groups is 1. The van der Waals surface area contributed by atoms with Gasteiger partial charge in [0.05, 0.1) is 53.9 Å². The molecule has 1 heterocycles. The number of nitro benzene ring substituents is 3. The molecule has 12 aromatic rings. The molecular formula is C102H117BBrCl4F5N6NaO20Sn. The molecule has 1 aromatic heterocycles. The van der Waals surface area contributed by atoms with Crippen LogP contribution in [-0.4, -0.2) is 217 Å². The number of halogens is 10. The molecule has 0 spiro atoms. The summed E-state index contributed by atoms with van der Waals surface area (Å²) in [5, 5.41) is 93.8. The van der Waals surface area contributed by atoms with Crippen molar-refractivity contribution in [2.75, 3.05) is 103 Å². The van der Waals surface area contributed by atoms with E-state index in [0.717, 1.165) is 79.7 Å². The number of nitrogens with one attached hydrogen (secondary N) is 1. The molecule has 5 radical (unpaired) electrons. The average Bonchev–Trinajstić information content (AvgIpc) is 0.842. The molecule has 0 saturated heterocycles. The van der Waals surface area contributed by atoms with Crippen LogP contribution in [0.1, 0.15) is 69.5 Å². The number of aromatic nitrogens is 1. The Labute approximate surface area is 881 Å². The number of non-ortho nitro benzene ring substituents is 3. The number of hydrogen-bond acceptors (Lipinski definition) is 21. The molecule has 0 amide bonds. The van der Waals surface area contributed by atoms with Crippen molar-refractivity contribution in [1.29, 1.82) is 0 Å². The van der Waals surface area contributed by atoms with Gasteiger partial charge in [0.25, 0.3) is 17.1 Å². The number of nitrogen functional groups attached to an aromatic ring is 1. The van der Waals surface area contributed by atoms with Crippen molar-refractivity contribution in [3.8, 4) is 28.7 Å². The molecule has 0 bridgehead atoms. The third kappa shape index (κ3) is 62.7. The smallest absolute Gasteiger partial charge is 1.00 e. The van der Waals surface area contributed by atoms with Crippen molar-refractivity contribution >= 4 is 174 Å². The number of phenols is 1. The third-order valence-electron chi connectivity index (χ3n) is 17.1. The number of rotatable bonds is 35. The van der Waals surface area contributed by atoms with Gasteiger partial charge in [-0.1, -0.05) is 198 Å². The van der Waals surface area contributed by atoms with Gasteiger partial charge in [0.15, 0.2) is 6.10 Å². The summed E-state index contributed by atoms with van der Waals surface area (Å²) in [5.74, 6) is 2.36. The maximum atomic E-state index is 13.3. The number of benzene rings is 11. The van der Waals surface area contributed by atoms with Crippen LogP contribution in [0.5, 0.6) is 28.7 Å². The fourth-order valence-electron chi connectivity index (χ4n) is 10.1. The van der Waals surface area contributed by atoms with Crippen molar-refractivity contribution in [1.82, 2.24) is 4.98 Å². The topological polar surface area (TPSA) is 431 Å². The van der Waals surface area contributed by atoms with E-state index in [9.17, 15) is 52.3 Å². The van der Waals surface area contributed by atoms with Gasteiger partial charge in [-0.25, -0.2) is 22.0 Å². The first-order chi connectivity index (χ1) is 66.0. The summed E-state index contributed by atoms with van der Waals surface area (Å²) in [6.07, 6.45) is 20.2. The van der Waals surface area contributed by atoms with E-state index in [4.69, 9.17) is 83.0 Å². The first kappa shape index (κ1) is 136. The number of hydrogen-bond donors (Lipinski definition) is 9. The zero-order chi connectivity index (χ0) is 100. The Morgan fingerprint density at radius 2 is 0.667 bits per heavy atom. The summed E-state index contributed by atoms with van der Waals surface area (Å²) >= 11 is 6.70. The number of ether oxygens (including phenoxy) is 5. The molecule has 0 saturated carbocycles. The molecule has 39 heteroatoms. The van der Waals surface area contributed by atoms with E-state index in [1.807, 2.05) is 201 Å². The Morgan fingerprint density at radius 1 is 0.433 bits per heavy atom. The molecule has 14 N–H and O–H groups in total. The van der Waals surface area contributed by atoms with E-state index in [2.05, 4.69) is 37.8 Å². The monoisotopic (exact) mass is 2210 g/mol. The Balaban J connectivity index is -0.000000520. The normalized spacial score (nSPS) is 11.0. The fourth-order valence-corrected chi connectivity index (χ4v) is 10.3. The van der Waals surface area contributed by atoms with E-state index in [1.54, 1.807) is 141 Å². The number of nitrogens with two attached hydrogens (primary N) is 1. The van der Waals surface area contributed by atoms with Gasteiger partial charge in [-0.15, -0.1) is 24.0 Å². The number of nitrogens with zero attached hydrogens (tertiary/aromatic N) is 4. The SMILES string of the molecule is CCO.CCl.CNc1ccc(/C=C/c2ccc(OC(CO)CF)cc2)cc1.CO.Cl.Nc1ccc(/C=C/c2ccc(OC(CO)CF)cc2)cc1.O.O.O=[N+]([O-])c1ccc(/C=C/c2ccc(O)cc2)cc1.O=[N+]([O-])c1ccc(/C=C/c2ccc(OC(CF)COCc3ccccc3)cc2)cc1.O=[N+]([O-])c1ccc(/C=C/c2ccc(OC(CO)CF)cc2)cc1.OC(CF)CBr.[B].[Cl][Sn][Cl].[H-].[Na+].c1ccncc1. The first-order valence-corrected chi connectivity index (χ1v) is 50.5. The van der Waals surface area contributed by atoms with Crippen molar-refractivity contribution in [2.45, 2.75) is 44.1 Å². The molecule has 0 fully saturated rings. The second kappa shape index (κ2) is 86.7. The summed E-state index contributed by atoms with van der Waals surface area (Å²) < 4.78 is 88.9. The Kier molecular flexibility index (Phi) is 83.7. The molecule has 141 heavy (non-hydrogen) atoms. The van der Waals surface area contributed by atoms with Gasteiger partial charge in [-0.05, 0) is 202 Å². The number of phenolic OH excluding ortho intramolecular Hbond substituents is 1. The first-order valence-electron chi connectivity index (χ1n) is 41.4. The molecule has 26 nitrogen and oxygen atoms in total. The minimum atomic E-state index is -0.850. The van der Waals surface area contributed by atoms with Gasteiger partial charge in [0.1, 0.15) is 80.4 Å². The van der Waals surface area contributed by atoms with Crippen LogP contribution in [0.25, 0.3) is 60.8 Å². The molecular weight excluding hydrogens is 2100 g/mol. The van der Waals surface area contributed by atoms with Crippen molar-refractivity contribution in [3.05, 3.63) is 395 Å². The summed E-state index contributed by atoms with van der Waals surface area (Å²) in [5.41, 5.74) is 18.2. The third-order valence-corrected chi connectivity index (χ3v) is 17.8. The predicted molar refractivity (Wildman–Crippen MR) is 565 cm³/mol. The molecule has 0 aliphatic heterocycles. The number of pyridine rings is 1. The summed E-state index contributed by atoms with van der Waals surface area (Å²) in [6, 6.07) is 85.5. The summed E-state index contributed by atoms with van der Waals surface area (Å²) in [7, 11) is 12.8. The summed E-state index contributed by atoms with van der Waals surface area (Å²) in [4.78, 5) is 34.2. The van der Waals surface area contributed by atoms with Gasteiger partial charge in [-0.2, -0.15) is 0 Å². The number of aliphatic hydroxyl groups excluding tert-OH is 6. The van der Waals surface area contributed by atoms with Crippen LogP contribution in [0.4, 0.5) is 50.4 Å². The van der Waals surface area contributed by atoms with Crippen LogP contribution >= 0.6 is 57.8 Å². The number of alkyl halides is 7. The number of nitro groups is 3. The van der Waals surface area contributed by atoms with Crippen LogP contribution in [0.3, 0.4) is 0 Å². The number of aliphatic hydroxyl groups is 6. The molecule has 5 unspecified atom stereocenters. The molecule has 12 rings (SSSR count). The summed E-state index contributed by atoms with van der Waals surface area (Å²) in [6.45, 7) is -2.02. The standard InChI is InChI=1S/C24H22FNO4.C18H20FNO2.C17H16FNO4.C17H18FNO2.C14H11NO3.C5H5N.C3H6BrFO.C2H6O.CH3Cl.CH4O.B.3ClH.Na.2H2O.Sn.H/c25-16-24(18-29-17-21-4-2-1-3-5-21)30-23-14-10-20(11-15-23)7-6-19-8-12-22(13-9-19)26(27)28;1-20-16-8-4-14(5-9-16)2-3-15-6-10-17(11-7-15)22-18(12-19)13-21;18-11-17(12-20)23-16-9-5-14(6-10-16)2-1-13-3-7-15(8-4-13)19(21)22;18-11-17(12-20)21-16-9-5-14(6-10-16)2-1-13-3-7-15(19)8-4-13;16-14-9-5-12(6-10-14)2-1-11-3-7-13(8-4-11)15(17)18;1-2-4-6-5-3-1;4-1-3(6)2-5;1-2-3;2*1-2;;;;;;;;;/h1-15,24H,16-18H2;2-11,18,20-21H,12-13H2,1H3;1-10,17,20H,11-12H2;1-10,17,20H,11-12,19H2;1-10,16H;1-5H;3,6H,1-2H2;3H,2H2,1H3;1H3;2H,1H3;;3*1H;;2*1H2;;/q;;;;;;;;;;;;;;+1;;;+2;-1/p-2/b7-6+;3-2+;3*2-1+;;;;;;;;;;;;;;. The zero-order valence-electron chi connectivity index (χ0n) is 78.9. The van der Waals surface area contributed by atoms with Gasteiger partial charge in [0.2, 0.25) is 0 Å². The molecule has 0 aliphatic carbocycles. The van der Waals surface area contributed by atoms with Gasteiger partial charge < -0.3 is 82.9 Å². The van der Waals surface area contributed by atoms with Crippen molar-refractivity contribution < 1.29 is 138 Å². The predicted octanol–water partition coefficient (Wildman–Crippen LogP) is 18.2. The van der Waals surface area contributed by atoms with Crippen LogP contribution in [0, 0.1) is 30.3 Å². The van der Waals surface area contributed by atoms with Gasteiger partial charge in [0, 0.05) is 101 Å². The minimum Gasteiger partial charge on any atom is -1.00 e. The quantitative estimate of drug-likeness (QED) is 0.00339. The minimum absolute atomic E-state index is 0. The number of anilines is 2. The molecule has 11 aromatic carbocycles. The maximum Gasteiger partial charge on any atom is 1.00 e. The van der Waals surface area contributed by atoms with Crippen LogP contribution in [0.2, 0.25) is 0 Å². The zero-order valence-corrected chi connectivity index (χ0v) is 87.4. The van der Waals surface area contributed by atoms with Crippen LogP contribution in [-0.2, 0) is 11.3 Å². The Hall–Kier alpha value is -11.1. The van der Waals surface area contributed by atoms with Crippen molar-refractivity contribution in [3.63, 3.8) is 0 Å². The average molecular weight is 2220 g/mol. The van der Waals surface area contributed by atoms with E-state index in [1.165, 1.54) is 42.8 Å². The van der Waals surface area contributed by atoms with Crippen LogP contribution < -0.4 is 59.6 Å². The van der Waals surface area contributed by atoms with E-state index in [-0.39, 0.29) is 119 Å². The second-order valence-electron chi connectivity index (χ2n) is 27.1. The van der Waals surface area contributed by atoms with Crippen molar-refractivity contribution in [2.24, 2.45) is 0 Å². The van der Waals surface area contributed by atoms with Gasteiger partial charge in [-0.3, -0.25) is 35.3 Å². The van der Waals surface area contributed by atoms with E-state index >= 15 is 0 Å². The largest absolute Gasteiger partial charge is 1.00 e. The molecule has 0 aliphatic rings. The van der Waals surface area contributed by atoms with E-state index in [0.29, 0.717) is 34.9 Å². The van der Waals surface area contributed by atoms with Crippen LogP contribution in [0.15, 0.2) is 304 Å².